The van der Waals surface area contributed by atoms with Gasteiger partial charge in [0, 0.05) is 11.3 Å². The number of hydrogen-bond acceptors (Lipinski definition) is 8. The Labute approximate surface area is 228 Å². The van der Waals surface area contributed by atoms with Crippen molar-refractivity contribution in [2.24, 2.45) is 5.41 Å². The third-order valence-corrected chi connectivity index (χ3v) is 8.53. The number of nitrogens with zero attached hydrogens (tertiary/aromatic N) is 3. The number of carbonyl (C=O) groups is 1. The lowest BCUT2D eigenvalue weighted by Crippen LogP contribution is -2.51. The van der Waals surface area contributed by atoms with Crippen molar-refractivity contribution in [2.45, 2.75) is 57.6 Å². The quantitative estimate of drug-likeness (QED) is 0.267. The fraction of sp³-hybridized carbons (Fsp3) is 0.500. The minimum absolute atomic E-state index is 0.0559. The Balaban J connectivity index is 1.07. The average Bonchev–Trinajstić information content (AvgIpc) is 3.62. The van der Waals surface area contributed by atoms with Crippen LogP contribution in [0.5, 0.6) is 11.5 Å². The van der Waals surface area contributed by atoms with Crippen LogP contribution in [-0.2, 0) is 25.5 Å². The highest BCUT2D eigenvalue weighted by atomic mass is 16.7. The summed E-state index contributed by atoms with van der Waals surface area (Å²) < 4.78 is 30.4. The average molecular weight is 534 g/mol. The molecule has 0 radical (unpaired) electrons. The number of esters is 1. The molecule has 206 valence electrons. The topological polar surface area (TPSA) is 93.9 Å². The number of methoxy groups -OCH3 is 1. The number of fused-ring (bicyclic) bond motifs is 4. The van der Waals surface area contributed by atoms with Gasteiger partial charge in [0.1, 0.15) is 0 Å². The first-order chi connectivity index (χ1) is 19.0. The second-order valence-corrected chi connectivity index (χ2v) is 10.8. The summed E-state index contributed by atoms with van der Waals surface area (Å²) in [6.07, 6.45) is 7.14. The summed E-state index contributed by atoms with van der Waals surface area (Å²) in [5.41, 5.74) is 4.31. The molecule has 0 amide bonds. The number of carbonyl (C=O) groups excluding carboxylic acids is 1. The molecule has 39 heavy (non-hydrogen) atoms. The zero-order valence-electron chi connectivity index (χ0n) is 22.6. The fourth-order valence-corrected chi connectivity index (χ4v) is 6.24. The smallest absolute Gasteiger partial charge is 0.311 e. The predicted molar refractivity (Wildman–Crippen MR) is 143 cm³/mol. The minimum Gasteiger partial charge on any atom is -0.469 e. The van der Waals surface area contributed by atoms with E-state index in [9.17, 15) is 4.79 Å². The maximum Gasteiger partial charge on any atom is 0.311 e. The molecule has 9 heteroatoms. The van der Waals surface area contributed by atoms with Crippen LogP contribution in [0, 0.1) is 12.3 Å². The molecule has 0 spiro atoms. The Morgan fingerprint density at radius 3 is 2.56 bits per heavy atom. The van der Waals surface area contributed by atoms with Crippen LogP contribution in [0.2, 0.25) is 0 Å². The maximum atomic E-state index is 12.3. The number of aromatic nitrogens is 3. The van der Waals surface area contributed by atoms with Crippen molar-refractivity contribution < 1.29 is 28.5 Å². The Morgan fingerprint density at radius 1 is 1.00 bits per heavy atom. The Kier molecular flexibility index (Phi) is 7.03. The molecular weight excluding hydrogens is 498 g/mol. The van der Waals surface area contributed by atoms with Gasteiger partial charge in [0.25, 0.3) is 0 Å². The Morgan fingerprint density at radius 2 is 1.79 bits per heavy atom. The third kappa shape index (κ3) is 5.01. The highest BCUT2D eigenvalue weighted by molar-refractivity contribution is 5.80. The largest absolute Gasteiger partial charge is 0.469 e. The van der Waals surface area contributed by atoms with Crippen LogP contribution in [0.15, 0.2) is 42.6 Å². The van der Waals surface area contributed by atoms with E-state index in [2.05, 4.69) is 0 Å². The molecular formula is C30H35N3O6. The van der Waals surface area contributed by atoms with Crippen LogP contribution in [0.3, 0.4) is 0 Å². The first-order valence-electron chi connectivity index (χ1n) is 13.7. The summed E-state index contributed by atoms with van der Waals surface area (Å²) in [7, 11) is 1.49. The van der Waals surface area contributed by atoms with Crippen LogP contribution >= 0.6 is 0 Å². The van der Waals surface area contributed by atoms with Gasteiger partial charge >= 0.3 is 5.97 Å². The molecule has 0 N–H and O–H groups in total. The standard InChI is InChI=1S/C30H35N3O6/c1-21-4-3-5-24(32-21)27-23(22-6-7-25-26(18-22)38-20-37-25)19-31-33(27)14-15-36-16-17-39-30-11-8-29(9-12-30,10-13-30)28(34)35-2/h3-7,18-19H,8-17,20H2,1-2H3. The van der Waals surface area contributed by atoms with Crippen molar-refractivity contribution in [1.29, 1.82) is 0 Å². The molecule has 1 aromatic carbocycles. The van der Waals surface area contributed by atoms with Crippen LogP contribution in [0.1, 0.15) is 44.2 Å². The van der Waals surface area contributed by atoms with Gasteiger partial charge in [-0.3, -0.25) is 14.5 Å². The van der Waals surface area contributed by atoms with Crippen molar-refractivity contribution >= 4 is 5.97 Å². The second kappa shape index (κ2) is 10.6. The van der Waals surface area contributed by atoms with Crippen LogP contribution < -0.4 is 9.47 Å². The molecule has 3 aromatic rings. The van der Waals surface area contributed by atoms with Gasteiger partial charge < -0.3 is 23.7 Å². The molecule has 0 saturated heterocycles. The Bertz CT molecular complexity index is 1330. The number of ether oxygens (including phenoxy) is 5. The molecule has 0 atom stereocenters. The summed E-state index contributed by atoms with van der Waals surface area (Å²) in [5.74, 6) is 1.43. The van der Waals surface area contributed by atoms with Gasteiger partial charge in [0.15, 0.2) is 11.5 Å². The van der Waals surface area contributed by atoms with Gasteiger partial charge in [0.05, 0.1) is 62.1 Å². The van der Waals surface area contributed by atoms with Gasteiger partial charge in [-0.05, 0) is 75.3 Å². The van der Waals surface area contributed by atoms with E-state index in [0.717, 1.165) is 78.2 Å². The highest BCUT2D eigenvalue weighted by Gasteiger charge is 2.53. The van der Waals surface area contributed by atoms with E-state index in [1.165, 1.54) is 7.11 Å². The van der Waals surface area contributed by atoms with Crippen LogP contribution in [0.25, 0.3) is 22.5 Å². The van der Waals surface area contributed by atoms with E-state index in [-0.39, 0.29) is 23.8 Å². The van der Waals surface area contributed by atoms with E-state index < -0.39 is 0 Å². The van der Waals surface area contributed by atoms with E-state index in [1.54, 1.807) is 0 Å². The summed E-state index contributed by atoms with van der Waals surface area (Å²) in [5, 5.41) is 4.70. The molecule has 1 aliphatic heterocycles. The monoisotopic (exact) mass is 533 g/mol. The third-order valence-electron chi connectivity index (χ3n) is 8.53. The summed E-state index contributed by atoms with van der Waals surface area (Å²) in [4.78, 5) is 17.0. The van der Waals surface area contributed by atoms with Crippen molar-refractivity contribution in [1.82, 2.24) is 14.8 Å². The molecule has 2 bridgehead atoms. The molecule has 3 heterocycles. The SMILES string of the molecule is COC(=O)C12CCC(OCCOCCn3ncc(-c4ccc5c(c4)OCO5)c3-c3cccc(C)n3)(CC1)CC2. The predicted octanol–water partition coefficient (Wildman–Crippen LogP) is 4.95. The van der Waals surface area contributed by atoms with Crippen molar-refractivity contribution in [3.8, 4) is 34.0 Å². The van der Waals surface area contributed by atoms with Gasteiger partial charge in [-0.2, -0.15) is 5.10 Å². The van der Waals surface area contributed by atoms with Crippen LogP contribution in [-0.4, -0.2) is 60.1 Å². The molecule has 3 saturated carbocycles. The molecule has 3 fully saturated rings. The number of aryl methyl sites for hydroxylation is 1. The summed E-state index contributed by atoms with van der Waals surface area (Å²) in [6, 6.07) is 11.9. The summed E-state index contributed by atoms with van der Waals surface area (Å²) in [6.45, 7) is 4.37. The molecule has 7 rings (SSSR count). The van der Waals surface area contributed by atoms with Gasteiger partial charge in [-0.15, -0.1) is 0 Å². The first kappa shape index (κ1) is 25.8. The second-order valence-electron chi connectivity index (χ2n) is 10.8. The maximum absolute atomic E-state index is 12.3. The number of benzene rings is 1. The van der Waals surface area contributed by atoms with E-state index >= 15 is 0 Å². The fourth-order valence-electron chi connectivity index (χ4n) is 6.24. The zero-order chi connectivity index (χ0) is 26.9. The molecule has 0 unspecified atom stereocenters. The van der Waals surface area contributed by atoms with E-state index in [1.807, 2.05) is 54.2 Å². The van der Waals surface area contributed by atoms with Crippen molar-refractivity contribution in [3.05, 3.63) is 48.3 Å². The molecule has 2 aromatic heterocycles. The minimum atomic E-state index is -0.288. The zero-order valence-corrected chi connectivity index (χ0v) is 22.6. The normalized spacial score (nSPS) is 23.2. The van der Waals surface area contributed by atoms with Gasteiger partial charge in [-0.25, -0.2) is 0 Å². The van der Waals surface area contributed by atoms with E-state index in [4.69, 9.17) is 33.8 Å². The first-order valence-corrected chi connectivity index (χ1v) is 13.7. The lowest BCUT2D eigenvalue weighted by atomic mass is 9.58. The van der Waals surface area contributed by atoms with Gasteiger partial charge in [0.2, 0.25) is 6.79 Å². The van der Waals surface area contributed by atoms with Crippen LogP contribution in [0.4, 0.5) is 0 Å². The lowest BCUT2D eigenvalue weighted by Gasteiger charge is -2.51. The van der Waals surface area contributed by atoms with Gasteiger partial charge in [-0.1, -0.05) is 12.1 Å². The molecule has 9 nitrogen and oxygen atoms in total. The number of hydrogen-bond donors (Lipinski definition) is 0. The van der Waals surface area contributed by atoms with E-state index in [0.29, 0.717) is 26.4 Å². The highest BCUT2D eigenvalue weighted by Crippen LogP contribution is 2.54. The van der Waals surface area contributed by atoms with Crippen molar-refractivity contribution in [2.75, 3.05) is 33.7 Å². The number of pyridine rings is 1. The molecule has 4 aliphatic rings. The molecule has 3 aliphatic carbocycles. The summed E-state index contributed by atoms with van der Waals surface area (Å²) >= 11 is 0. The van der Waals surface area contributed by atoms with Crippen molar-refractivity contribution in [3.63, 3.8) is 0 Å². The Hall–Kier alpha value is -3.43. The number of rotatable bonds is 10. The lowest BCUT2D eigenvalue weighted by molar-refractivity contribution is -0.178.